The van der Waals surface area contributed by atoms with E-state index in [4.69, 9.17) is 4.42 Å². The molecule has 118 valence electrons. The summed E-state index contributed by atoms with van der Waals surface area (Å²) in [4.78, 5) is 14.4. The van der Waals surface area contributed by atoms with Gasteiger partial charge in [0.15, 0.2) is 5.76 Å². The molecule has 0 amide bonds. The van der Waals surface area contributed by atoms with Crippen LogP contribution in [0.2, 0.25) is 0 Å². The molecule has 1 heterocycles. The summed E-state index contributed by atoms with van der Waals surface area (Å²) in [6, 6.07) is 11.1. The van der Waals surface area contributed by atoms with Crippen LogP contribution in [0.1, 0.15) is 11.1 Å². The van der Waals surface area contributed by atoms with Crippen LogP contribution >= 0.6 is 0 Å². The smallest absolute Gasteiger partial charge is 0.235 e. The minimum atomic E-state index is -0.402. The van der Waals surface area contributed by atoms with E-state index in [0.29, 0.717) is 16.5 Å². The molecule has 0 aliphatic rings. The minimum Gasteiger partial charge on any atom is -0.502 e. The van der Waals surface area contributed by atoms with Gasteiger partial charge in [-0.3, -0.25) is 4.79 Å². The number of hydrogen-bond donors (Lipinski definition) is 1. The second kappa shape index (κ2) is 5.47. The standard InChI is InChI=1S/C19H19NO3/c1-11-9-15-16(10-12(11)2)23-19(18(22)17(15)21)13-5-7-14(8-6-13)20(3)4/h5-10,22H,1-4H3. The van der Waals surface area contributed by atoms with Crippen LogP contribution in [0.4, 0.5) is 5.69 Å². The average molecular weight is 309 g/mol. The van der Waals surface area contributed by atoms with E-state index < -0.39 is 5.43 Å². The maximum atomic E-state index is 12.4. The molecule has 0 atom stereocenters. The van der Waals surface area contributed by atoms with Crippen molar-refractivity contribution >= 4 is 16.7 Å². The third kappa shape index (κ3) is 2.57. The van der Waals surface area contributed by atoms with Gasteiger partial charge in [-0.1, -0.05) is 0 Å². The van der Waals surface area contributed by atoms with Crippen molar-refractivity contribution in [2.75, 3.05) is 19.0 Å². The number of nitrogens with zero attached hydrogens (tertiary/aromatic N) is 1. The largest absolute Gasteiger partial charge is 0.502 e. The molecule has 3 aromatic rings. The molecule has 2 aromatic carbocycles. The SMILES string of the molecule is Cc1cc2oc(-c3ccc(N(C)C)cc3)c(O)c(=O)c2cc1C. The molecule has 3 rings (SSSR count). The molecule has 4 nitrogen and oxygen atoms in total. The van der Waals surface area contributed by atoms with Crippen molar-refractivity contribution in [1.29, 1.82) is 0 Å². The Kier molecular flexibility index (Phi) is 3.60. The lowest BCUT2D eigenvalue weighted by atomic mass is 10.0. The number of benzene rings is 2. The Morgan fingerprint density at radius 1 is 1.00 bits per heavy atom. The molecule has 0 spiro atoms. The van der Waals surface area contributed by atoms with Gasteiger partial charge in [0.1, 0.15) is 5.58 Å². The minimum absolute atomic E-state index is 0.205. The summed E-state index contributed by atoms with van der Waals surface area (Å²) in [5.74, 6) is -0.144. The Morgan fingerprint density at radius 2 is 1.61 bits per heavy atom. The van der Waals surface area contributed by atoms with Crippen LogP contribution in [0, 0.1) is 13.8 Å². The summed E-state index contributed by atoms with van der Waals surface area (Å²) in [6.45, 7) is 3.90. The van der Waals surface area contributed by atoms with E-state index in [1.807, 2.05) is 63.2 Å². The normalized spacial score (nSPS) is 11.0. The molecule has 0 saturated carbocycles. The Balaban J connectivity index is 2.23. The van der Waals surface area contributed by atoms with Crippen LogP contribution in [0.3, 0.4) is 0 Å². The monoisotopic (exact) mass is 309 g/mol. The highest BCUT2D eigenvalue weighted by atomic mass is 16.4. The van der Waals surface area contributed by atoms with Gasteiger partial charge in [0.05, 0.1) is 5.39 Å². The molecule has 0 saturated heterocycles. The van der Waals surface area contributed by atoms with Gasteiger partial charge in [0, 0.05) is 25.3 Å². The number of rotatable bonds is 2. The van der Waals surface area contributed by atoms with Crippen molar-refractivity contribution in [3.8, 4) is 17.1 Å². The molecule has 1 N–H and O–H groups in total. The van der Waals surface area contributed by atoms with E-state index in [1.165, 1.54) is 0 Å². The van der Waals surface area contributed by atoms with Crippen LogP contribution in [-0.2, 0) is 0 Å². The zero-order chi connectivity index (χ0) is 16.7. The Hall–Kier alpha value is -2.75. The van der Waals surface area contributed by atoms with Crippen molar-refractivity contribution < 1.29 is 9.52 Å². The van der Waals surface area contributed by atoms with Gasteiger partial charge in [0.2, 0.25) is 11.2 Å². The van der Waals surface area contributed by atoms with Gasteiger partial charge in [-0.2, -0.15) is 0 Å². The lowest BCUT2D eigenvalue weighted by Crippen LogP contribution is -2.08. The van der Waals surface area contributed by atoms with E-state index in [2.05, 4.69) is 0 Å². The van der Waals surface area contributed by atoms with Gasteiger partial charge < -0.3 is 14.4 Å². The number of aromatic hydroxyl groups is 1. The molecule has 0 bridgehead atoms. The molecular formula is C19H19NO3. The lowest BCUT2D eigenvalue weighted by Gasteiger charge is -2.13. The first-order valence-corrected chi connectivity index (χ1v) is 7.43. The highest BCUT2D eigenvalue weighted by Crippen LogP contribution is 2.31. The van der Waals surface area contributed by atoms with Crippen molar-refractivity contribution in [2.45, 2.75) is 13.8 Å². The fourth-order valence-electron chi connectivity index (χ4n) is 2.55. The summed E-state index contributed by atoms with van der Waals surface area (Å²) >= 11 is 0. The molecule has 0 unspecified atom stereocenters. The van der Waals surface area contributed by atoms with Crippen LogP contribution in [0.15, 0.2) is 45.6 Å². The Labute approximate surface area is 134 Å². The highest BCUT2D eigenvalue weighted by molar-refractivity contribution is 5.83. The molecule has 0 aliphatic heterocycles. The highest BCUT2D eigenvalue weighted by Gasteiger charge is 2.16. The van der Waals surface area contributed by atoms with Crippen molar-refractivity contribution in [3.63, 3.8) is 0 Å². The van der Waals surface area contributed by atoms with Gasteiger partial charge in [-0.15, -0.1) is 0 Å². The van der Waals surface area contributed by atoms with E-state index in [9.17, 15) is 9.90 Å². The summed E-state index contributed by atoms with van der Waals surface area (Å²) in [5.41, 5.74) is 3.82. The first-order valence-electron chi connectivity index (χ1n) is 7.43. The first-order chi connectivity index (χ1) is 10.9. The maximum absolute atomic E-state index is 12.4. The van der Waals surface area contributed by atoms with E-state index in [1.54, 1.807) is 6.07 Å². The topological polar surface area (TPSA) is 53.7 Å². The summed E-state index contributed by atoms with van der Waals surface area (Å²) in [6.07, 6.45) is 0. The van der Waals surface area contributed by atoms with Crippen LogP contribution < -0.4 is 10.3 Å². The van der Waals surface area contributed by atoms with Crippen LogP contribution in [0.5, 0.6) is 5.75 Å². The molecule has 4 heteroatoms. The summed E-state index contributed by atoms with van der Waals surface area (Å²) < 4.78 is 5.83. The van der Waals surface area contributed by atoms with Gasteiger partial charge in [-0.05, 0) is 61.4 Å². The van der Waals surface area contributed by atoms with Crippen LogP contribution in [0.25, 0.3) is 22.3 Å². The fraction of sp³-hybridized carbons (Fsp3) is 0.211. The van der Waals surface area contributed by atoms with E-state index >= 15 is 0 Å². The Bertz CT molecular complexity index is 937. The van der Waals surface area contributed by atoms with E-state index in [0.717, 1.165) is 16.8 Å². The third-order valence-corrected chi connectivity index (χ3v) is 4.13. The second-order valence-electron chi connectivity index (χ2n) is 5.98. The fourth-order valence-corrected chi connectivity index (χ4v) is 2.55. The van der Waals surface area contributed by atoms with Crippen LogP contribution in [-0.4, -0.2) is 19.2 Å². The van der Waals surface area contributed by atoms with Crippen molar-refractivity contribution in [2.24, 2.45) is 0 Å². The van der Waals surface area contributed by atoms with Crippen molar-refractivity contribution in [3.05, 3.63) is 57.7 Å². The zero-order valence-electron chi connectivity index (χ0n) is 13.7. The zero-order valence-corrected chi connectivity index (χ0v) is 13.7. The molecule has 0 radical (unpaired) electrons. The van der Waals surface area contributed by atoms with Crippen molar-refractivity contribution in [1.82, 2.24) is 0 Å². The quantitative estimate of drug-likeness (QED) is 0.781. The van der Waals surface area contributed by atoms with Gasteiger partial charge >= 0.3 is 0 Å². The number of aryl methyl sites for hydroxylation is 2. The summed E-state index contributed by atoms with van der Waals surface area (Å²) in [5, 5.41) is 10.7. The molecule has 0 fully saturated rings. The summed E-state index contributed by atoms with van der Waals surface area (Å²) in [7, 11) is 3.90. The molecule has 1 aromatic heterocycles. The van der Waals surface area contributed by atoms with E-state index in [-0.39, 0.29) is 11.5 Å². The van der Waals surface area contributed by atoms with Gasteiger partial charge in [-0.25, -0.2) is 0 Å². The predicted octanol–water partition coefficient (Wildman–Crippen LogP) is 3.85. The average Bonchev–Trinajstić information content (AvgIpc) is 2.53. The maximum Gasteiger partial charge on any atom is 0.235 e. The number of hydrogen-bond acceptors (Lipinski definition) is 4. The predicted molar refractivity (Wildman–Crippen MR) is 93.4 cm³/mol. The molecule has 23 heavy (non-hydrogen) atoms. The number of fused-ring (bicyclic) bond motifs is 1. The lowest BCUT2D eigenvalue weighted by molar-refractivity contribution is 0.449. The first kappa shape index (κ1) is 15.2. The molecular weight excluding hydrogens is 290 g/mol. The second-order valence-corrected chi connectivity index (χ2v) is 5.98. The van der Waals surface area contributed by atoms with Gasteiger partial charge in [0.25, 0.3) is 0 Å². The Morgan fingerprint density at radius 3 is 2.22 bits per heavy atom. The third-order valence-electron chi connectivity index (χ3n) is 4.13. The number of anilines is 1. The molecule has 0 aliphatic carbocycles.